The Kier molecular flexibility index (Phi) is 8.46. The van der Waals surface area contributed by atoms with E-state index in [9.17, 15) is 13.2 Å². The zero-order valence-corrected chi connectivity index (χ0v) is 18.3. The van der Waals surface area contributed by atoms with Crippen molar-refractivity contribution < 1.29 is 23.1 Å². The maximum Gasteiger partial charge on any atom is 0.290 e. The largest absolute Gasteiger partial charge is 0.483 e. The summed E-state index contributed by atoms with van der Waals surface area (Å²) in [6.07, 6.45) is 3.41. The lowest BCUT2D eigenvalue weighted by Crippen LogP contribution is -2.65. The third kappa shape index (κ3) is 7.30. The Balaban J connectivity index is 0.00000107. The van der Waals surface area contributed by atoms with Gasteiger partial charge in [-0.2, -0.15) is 0 Å². The van der Waals surface area contributed by atoms with Gasteiger partial charge >= 0.3 is 0 Å². The van der Waals surface area contributed by atoms with Gasteiger partial charge in [-0.1, -0.05) is 30.3 Å². The zero-order chi connectivity index (χ0) is 22.9. The number of carboxylic acid groups (broad SMARTS) is 1. The molecule has 1 amide bonds. The Morgan fingerprint density at radius 3 is 2.45 bits per heavy atom. The van der Waals surface area contributed by atoms with Crippen LogP contribution in [-0.4, -0.2) is 68.3 Å². The van der Waals surface area contributed by atoms with Crippen LogP contribution in [0.25, 0.3) is 0 Å². The number of amides is 1. The van der Waals surface area contributed by atoms with E-state index in [1.54, 1.807) is 6.20 Å². The molecular formula is C20H27N5O5S. The quantitative estimate of drug-likeness (QED) is 0.383. The minimum atomic E-state index is -3.27. The van der Waals surface area contributed by atoms with Crippen LogP contribution in [0.4, 0.5) is 5.95 Å². The minimum Gasteiger partial charge on any atom is -0.483 e. The van der Waals surface area contributed by atoms with Crippen LogP contribution in [0.1, 0.15) is 11.3 Å². The van der Waals surface area contributed by atoms with Gasteiger partial charge < -0.3 is 15.3 Å². The molecular weight excluding hydrogens is 422 g/mol. The van der Waals surface area contributed by atoms with E-state index < -0.39 is 15.4 Å². The van der Waals surface area contributed by atoms with Gasteiger partial charge in [-0.05, 0) is 25.0 Å². The first-order chi connectivity index (χ1) is 14.7. The second-order valence-corrected chi connectivity index (χ2v) is 9.16. The molecule has 2 heterocycles. The predicted octanol–water partition coefficient (Wildman–Crippen LogP) is 0.200. The standard InChI is InChI=1S/C19H25N5O3S.CH2O2/c1-15-8-9-21-18(23-15)24-13-19(14-24,12-16-6-4-3-5-7-16)17(25)20-10-11-22-28(2,26)27;2-1-3/h3-9,22H,10-14H2,1-2H3,(H,20,25);1H,(H,2,3). The average Bonchev–Trinajstić information content (AvgIpc) is 2.68. The first-order valence-corrected chi connectivity index (χ1v) is 11.5. The molecule has 168 valence electrons. The normalized spacial score (nSPS) is 14.6. The second kappa shape index (κ2) is 10.8. The maximum absolute atomic E-state index is 13.0. The topological polar surface area (TPSA) is 142 Å². The van der Waals surface area contributed by atoms with Crippen molar-refractivity contribution in [3.63, 3.8) is 0 Å². The Hall–Kier alpha value is -3.05. The van der Waals surface area contributed by atoms with Gasteiger partial charge in [-0.15, -0.1) is 0 Å². The van der Waals surface area contributed by atoms with Gasteiger partial charge in [-0.3, -0.25) is 9.59 Å². The summed E-state index contributed by atoms with van der Waals surface area (Å²) < 4.78 is 24.7. The molecule has 1 saturated heterocycles. The molecule has 0 unspecified atom stereocenters. The summed E-state index contributed by atoms with van der Waals surface area (Å²) in [5.74, 6) is 0.533. The summed E-state index contributed by atoms with van der Waals surface area (Å²) in [4.78, 5) is 32.1. The number of nitrogens with one attached hydrogen (secondary N) is 2. The van der Waals surface area contributed by atoms with Gasteiger partial charge in [0.2, 0.25) is 21.9 Å². The zero-order valence-electron chi connectivity index (χ0n) is 17.5. The van der Waals surface area contributed by atoms with Crippen LogP contribution in [0.3, 0.4) is 0 Å². The molecule has 0 saturated carbocycles. The molecule has 1 aromatic carbocycles. The van der Waals surface area contributed by atoms with Gasteiger partial charge in [0.05, 0.1) is 11.7 Å². The maximum atomic E-state index is 13.0. The summed E-state index contributed by atoms with van der Waals surface area (Å²) in [7, 11) is -3.27. The number of rotatable bonds is 8. The fourth-order valence-corrected chi connectivity index (χ4v) is 3.81. The fraction of sp³-hybridized carbons (Fsp3) is 0.400. The van der Waals surface area contributed by atoms with E-state index in [0.717, 1.165) is 17.5 Å². The van der Waals surface area contributed by atoms with Crippen LogP contribution in [0.5, 0.6) is 0 Å². The minimum absolute atomic E-state index is 0.0874. The summed E-state index contributed by atoms with van der Waals surface area (Å²) >= 11 is 0. The van der Waals surface area contributed by atoms with Gasteiger partial charge in [0.1, 0.15) is 0 Å². The highest BCUT2D eigenvalue weighted by Gasteiger charge is 2.50. The Labute approximate surface area is 181 Å². The SMILES string of the molecule is Cc1ccnc(N2CC(Cc3ccccc3)(C(=O)NCCNS(C)(=O)=O)C2)n1.O=CO. The van der Waals surface area contributed by atoms with Crippen LogP contribution in [0, 0.1) is 12.3 Å². The molecule has 1 aliphatic rings. The summed E-state index contributed by atoms with van der Waals surface area (Å²) in [5, 5.41) is 9.76. The van der Waals surface area contributed by atoms with Gasteiger partial charge in [0.25, 0.3) is 6.47 Å². The Morgan fingerprint density at radius 2 is 1.87 bits per heavy atom. The van der Waals surface area contributed by atoms with Crippen molar-refractivity contribution in [3.05, 3.63) is 53.9 Å². The summed E-state index contributed by atoms with van der Waals surface area (Å²) in [5.41, 5.74) is 1.36. The van der Waals surface area contributed by atoms with E-state index in [2.05, 4.69) is 20.0 Å². The molecule has 0 spiro atoms. The lowest BCUT2D eigenvalue weighted by Gasteiger charge is -2.49. The van der Waals surface area contributed by atoms with Crippen LogP contribution < -0.4 is 14.9 Å². The number of carbonyl (C=O) groups is 2. The number of benzene rings is 1. The molecule has 1 fully saturated rings. The number of sulfonamides is 1. The number of aryl methyl sites for hydroxylation is 1. The number of aromatic nitrogens is 2. The first-order valence-electron chi connectivity index (χ1n) is 9.58. The van der Waals surface area contributed by atoms with E-state index in [4.69, 9.17) is 9.90 Å². The lowest BCUT2D eigenvalue weighted by atomic mass is 9.74. The van der Waals surface area contributed by atoms with Crippen molar-refractivity contribution in [3.8, 4) is 0 Å². The highest BCUT2D eigenvalue weighted by Crippen LogP contribution is 2.36. The monoisotopic (exact) mass is 449 g/mol. The van der Waals surface area contributed by atoms with E-state index in [1.807, 2.05) is 48.2 Å². The molecule has 3 N–H and O–H groups in total. The third-order valence-electron chi connectivity index (χ3n) is 4.69. The molecule has 2 aromatic rings. The third-order valence-corrected chi connectivity index (χ3v) is 5.42. The Bertz CT molecular complexity index is 978. The molecule has 1 aromatic heterocycles. The van der Waals surface area contributed by atoms with Crippen molar-refractivity contribution in [2.75, 3.05) is 37.3 Å². The van der Waals surface area contributed by atoms with Crippen molar-refractivity contribution in [1.29, 1.82) is 0 Å². The number of anilines is 1. The molecule has 0 atom stereocenters. The van der Waals surface area contributed by atoms with E-state index in [-0.39, 0.29) is 25.5 Å². The van der Waals surface area contributed by atoms with Crippen molar-refractivity contribution in [2.24, 2.45) is 5.41 Å². The molecule has 10 nitrogen and oxygen atoms in total. The molecule has 3 rings (SSSR count). The Morgan fingerprint density at radius 1 is 1.23 bits per heavy atom. The summed E-state index contributed by atoms with van der Waals surface area (Å²) in [6.45, 7) is 3.08. The lowest BCUT2D eigenvalue weighted by molar-refractivity contribution is -0.132. The number of hydrogen-bond acceptors (Lipinski definition) is 7. The molecule has 31 heavy (non-hydrogen) atoms. The smallest absolute Gasteiger partial charge is 0.290 e. The van der Waals surface area contributed by atoms with Crippen molar-refractivity contribution in [1.82, 2.24) is 20.0 Å². The second-order valence-electron chi connectivity index (χ2n) is 7.32. The molecule has 0 radical (unpaired) electrons. The van der Waals surface area contributed by atoms with Crippen molar-refractivity contribution >= 4 is 28.4 Å². The van der Waals surface area contributed by atoms with Gasteiger partial charge in [-0.25, -0.2) is 23.1 Å². The number of carbonyl (C=O) groups excluding carboxylic acids is 1. The molecule has 11 heteroatoms. The van der Waals surface area contributed by atoms with Crippen molar-refractivity contribution in [2.45, 2.75) is 13.3 Å². The van der Waals surface area contributed by atoms with Crippen LogP contribution in [0.2, 0.25) is 0 Å². The highest BCUT2D eigenvalue weighted by molar-refractivity contribution is 7.88. The predicted molar refractivity (Wildman–Crippen MR) is 116 cm³/mol. The number of hydrogen-bond donors (Lipinski definition) is 3. The summed E-state index contributed by atoms with van der Waals surface area (Å²) in [6, 6.07) is 11.7. The van der Waals surface area contributed by atoms with Gasteiger partial charge in [0, 0.05) is 38.1 Å². The highest BCUT2D eigenvalue weighted by atomic mass is 32.2. The molecule has 1 aliphatic heterocycles. The number of nitrogens with zero attached hydrogens (tertiary/aromatic N) is 3. The van der Waals surface area contributed by atoms with E-state index >= 15 is 0 Å². The first kappa shape index (κ1) is 24.2. The van der Waals surface area contributed by atoms with Crippen LogP contribution >= 0.6 is 0 Å². The molecule has 0 bridgehead atoms. The fourth-order valence-electron chi connectivity index (χ4n) is 3.34. The average molecular weight is 450 g/mol. The van der Waals surface area contributed by atoms with Crippen LogP contribution in [0.15, 0.2) is 42.6 Å². The van der Waals surface area contributed by atoms with E-state index in [1.165, 1.54) is 0 Å². The molecule has 0 aliphatic carbocycles. The van der Waals surface area contributed by atoms with Crippen LogP contribution in [-0.2, 0) is 26.0 Å². The van der Waals surface area contributed by atoms with Gasteiger partial charge in [0.15, 0.2) is 0 Å². The van der Waals surface area contributed by atoms with E-state index in [0.29, 0.717) is 25.5 Å².